The molecule has 1 aromatic rings. The molecule has 1 heterocycles. The van der Waals surface area contributed by atoms with Crippen LogP contribution in [0.1, 0.15) is 19.6 Å². The Morgan fingerprint density at radius 1 is 1.47 bits per heavy atom. The highest BCUT2D eigenvalue weighted by atomic mass is 79.9. The zero-order chi connectivity index (χ0) is 11.5. The van der Waals surface area contributed by atoms with Crippen molar-refractivity contribution in [2.24, 2.45) is 0 Å². The molecule has 0 aliphatic rings. The van der Waals surface area contributed by atoms with E-state index in [0.29, 0.717) is 13.2 Å². The van der Waals surface area contributed by atoms with Gasteiger partial charge in [-0.05, 0) is 51.8 Å². The summed E-state index contributed by atoms with van der Waals surface area (Å²) in [5.74, 6) is 0.887. The summed E-state index contributed by atoms with van der Waals surface area (Å²) in [6, 6.07) is 1.94. The number of rotatable bonds is 5. The van der Waals surface area contributed by atoms with Crippen LogP contribution in [0.4, 0.5) is 0 Å². The van der Waals surface area contributed by atoms with Crippen molar-refractivity contribution >= 4 is 31.9 Å². The Labute approximate surface area is 107 Å². The maximum Gasteiger partial charge on any atom is 0.183 e. The third-order valence-electron chi connectivity index (χ3n) is 1.94. The highest BCUT2D eigenvalue weighted by molar-refractivity contribution is 9.13. The predicted molar refractivity (Wildman–Crippen MR) is 66.9 cm³/mol. The minimum absolute atomic E-state index is 0.0551. The van der Waals surface area contributed by atoms with E-state index in [9.17, 15) is 0 Å². The van der Waals surface area contributed by atoms with Gasteiger partial charge in [-0.1, -0.05) is 0 Å². The lowest BCUT2D eigenvalue weighted by molar-refractivity contribution is 0.126. The Bertz CT molecular complexity index is 304. The quantitative estimate of drug-likeness (QED) is 0.892. The van der Waals surface area contributed by atoms with Gasteiger partial charge in [-0.3, -0.25) is 0 Å². The van der Waals surface area contributed by atoms with Crippen LogP contribution < -0.4 is 5.32 Å². The van der Waals surface area contributed by atoms with Gasteiger partial charge in [-0.15, -0.1) is 0 Å². The maximum absolute atomic E-state index is 5.45. The van der Waals surface area contributed by atoms with E-state index in [0.717, 1.165) is 14.9 Å². The smallest absolute Gasteiger partial charge is 0.183 e. The van der Waals surface area contributed by atoms with Crippen LogP contribution in [-0.2, 0) is 11.3 Å². The minimum Gasteiger partial charge on any atom is -0.452 e. The van der Waals surface area contributed by atoms with Gasteiger partial charge in [0.25, 0.3) is 0 Å². The van der Waals surface area contributed by atoms with Crippen LogP contribution >= 0.6 is 31.9 Å². The number of nitrogens with one attached hydrogen (secondary N) is 1. The topological polar surface area (TPSA) is 34.4 Å². The van der Waals surface area contributed by atoms with Gasteiger partial charge in [-0.25, -0.2) is 0 Å². The van der Waals surface area contributed by atoms with Gasteiger partial charge >= 0.3 is 0 Å². The standard InChI is InChI=1S/C10H15Br2NO2/c1-10(2,6-14-3)13-5-7-4-8(11)9(12)15-7/h4,13H,5-6H2,1-3H3. The molecule has 1 rings (SSSR count). The Hall–Kier alpha value is 0.160. The first-order chi connectivity index (χ1) is 6.94. The van der Waals surface area contributed by atoms with Gasteiger partial charge in [0.05, 0.1) is 17.6 Å². The molecule has 0 aromatic carbocycles. The average molecular weight is 341 g/mol. The summed E-state index contributed by atoms with van der Waals surface area (Å²) in [4.78, 5) is 0. The molecule has 0 aliphatic heterocycles. The molecule has 1 N–H and O–H groups in total. The summed E-state index contributed by atoms with van der Waals surface area (Å²) in [7, 11) is 1.70. The highest BCUT2D eigenvalue weighted by Gasteiger charge is 2.17. The molecule has 0 radical (unpaired) electrons. The first-order valence-electron chi connectivity index (χ1n) is 4.62. The van der Waals surface area contributed by atoms with Crippen LogP contribution in [0, 0.1) is 0 Å². The van der Waals surface area contributed by atoms with Crippen LogP contribution in [0.5, 0.6) is 0 Å². The second-order valence-electron chi connectivity index (χ2n) is 4.00. The Kier molecular flexibility index (Phi) is 4.83. The molecule has 3 nitrogen and oxygen atoms in total. The molecule has 0 bridgehead atoms. The molecule has 0 saturated carbocycles. The molecule has 0 atom stereocenters. The Morgan fingerprint density at radius 3 is 2.60 bits per heavy atom. The van der Waals surface area contributed by atoms with Crippen molar-refractivity contribution in [1.29, 1.82) is 0 Å². The molecule has 86 valence electrons. The zero-order valence-electron chi connectivity index (χ0n) is 9.06. The third kappa shape index (κ3) is 4.26. The summed E-state index contributed by atoms with van der Waals surface area (Å²) in [6.07, 6.45) is 0. The van der Waals surface area contributed by atoms with Crippen molar-refractivity contribution in [2.45, 2.75) is 25.9 Å². The van der Waals surface area contributed by atoms with Gasteiger partial charge in [-0.2, -0.15) is 0 Å². The van der Waals surface area contributed by atoms with E-state index >= 15 is 0 Å². The van der Waals surface area contributed by atoms with E-state index in [1.54, 1.807) is 7.11 Å². The summed E-state index contributed by atoms with van der Waals surface area (Å²) in [5, 5.41) is 3.36. The lowest BCUT2D eigenvalue weighted by Crippen LogP contribution is -2.42. The molecular weight excluding hydrogens is 326 g/mol. The number of ether oxygens (including phenoxy) is 1. The number of hydrogen-bond donors (Lipinski definition) is 1. The Balaban J connectivity index is 2.49. The van der Waals surface area contributed by atoms with Crippen LogP contribution in [0.15, 0.2) is 19.6 Å². The van der Waals surface area contributed by atoms with E-state index in [1.807, 2.05) is 6.07 Å². The summed E-state index contributed by atoms with van der Waals surface area (Å²) >= 11 is 6.68. The van der Waals surface area contributed by atoms with Crippen molar-refractivity contribution in [2.75, 3.05) is 13.7 Å². The van der Waals surface area contributed by atoms with Gasteiger partial charge in [0.15, 0.2) is 4.67 Å². The fourth-order valence-electron chi connectivity index (χ4n) is 1.22. The molecule has 0 aliphatic carbocycles. The van der Waals surface area contributed by atoms with Gasteiger partial charge in [0.1, 0.15) is 5.76 Å². The Morgan fingerprint density at radius 2 is 2.13 bits per heavy atom. The van der Waals surface area contributed by atoms with E-state index in [1.165, 1.54) is 0 Å². The van der Waals surface area contributed by atoms with Crippen molar-refractivity contribution in [1.82, 2.24) is 5.32 Å². The second-order valence-corrected chi connectivity index (χ2v) is 5.58. The third-order valence-corrected chi connectivity index (χ3v) is 3.65. The molecule has 0 saturated heterocycles. The van der Waals surface area contributed by atoms with Gasteiger partial charge in [0, 0.05) is 12.6 Å². The molecule has 15 heavy (non-hydrogen) atoms. The fourth-order valence-corrected chi connectivity index (χ4v) is 1.88. The van der Waals surface area contributed by atoms with E-state index in [4.69, 9.17) is 9.15 Å². The minimum atomic E-state index is -0.0551. The van der Waals surface area contributed by atoms with E-state index < -0.39 is 0 Å². The number of halogens is 2. The van der Waals surface area contributed by atoms with Crippen molar-refractivity contribution in [3.05, 3.63) is 21.0 Å². The monoisotopic (exact) mass is 339 g/mol. The van der Waals surface area contributed by atoms with Crippen LogP contribution in [0.2, 0.25) is 0 Å². The molecule has 5 heteroatoms. The fraction of sp³-hybridized carbons (Fsp3) is 0.600. The number of hydrogen-bond acceptors (Lipinski definition) is 3. The van der Waals surface area contributed by atoms with Crippen molar-refractivity contribution in [3.8, 4) is 0 Å². The molecule has 1 aromatic heterocycles. The normalized spacial score (nSPS) is 12.1. The molecule has 0 amide bonds. The average Bonchev–Trinajstić information content (AvgIpc) is 2.44. The summed E-state index contributed by atoms with van der Waals surface area (Å²) in [6.45, 7) is 5.52. The first-order valence-corrected chi connectivity index (χ1v) is 6.21. The van der Waals surface area contributed by atoms with Crippen LogP contribution in [0.3, 0.4) is 0 Å². The van der Waals surface area contributed by atoms with E-state index in [2.05, 4.69) is 51.0 Å². The molecule has 0 fully saturated rings. The highest BCUT2D eigenvalue weighted by Crippen LogP contribution is 2.26. The number of methoxy groups -OCH3 is 1. The lowest BCUT2D eigenvalue weighted by atomic mass is 10.1. The molecular formula is C10H15Br2NO2. The second kappa shape index (κ2) is 5.48. The van der Waals surface area contributed by atoms with Crippen molar-refractivity contribution in [3.63, 3.8) is 0 Å². The van der Waals surface area contributed by atoms with Crippen molar-refractivity contribution < 1.29 is 9.15 Å². The largest absolute Gasteiger partial charge is 0.452 e. The maximum atomic E-state index is 5.45. The summed E-state index contributed by atoms with van der Waals surface area (Å²) < 4.78 is 12.2. The van der Waals surface area contributed by atoms with Crippen LogP contribution in [0.25, 0.3) is 0 Å². The SMILES string of the molecule is COCC(C)(C)NCc1cc(Br)c(Br)o1. The number of furan rings is 1. The van der Waals surface area contributed by atoms with E-state index in [-0.39, 0.29) is 5.54 Å². The molecule has 0 spiro atoms. The van der Waals surface area contributed by atoms with Crippen LogP contribution in [-0.4, -0.2) is 19.3 Å². The van der Waals surface area contributed by atoms with Gasteiger partial charge < -0.3 is 14.5 Å². The predicted octanol–water partition coefficient (Wildman–Crippen LogP) is 3.32. The first kappa shape index (κ1) is 13.2. The zero-order valence-corrected chi connectivity index (χ0v) is 12.2. The molecule has 0 unspecified atom stereocenters. The van der Waals surface area contributed by atoms with Gasteiger partial charge in [0.2, 0.25) is 0 Å². The lowest BCUT2D eigenvalue weighted by Gasteiger charge is -2.24. The summed E-state index contributed by atoms with van der Waals surface area (Å²) in [5.41, 5.74) is -0.0551.